The third kappa shape index (κ3) is 3.40. The van der Waals surface area contributed by atoms with E-state index in [1.54, 1.807) is 0 Å². The van der Waals surface area contributed by atoms with Crippen LogP contribution in [0.2, 0.25) is 0 Å². The van der Waals surface area contributed by atoms with Crippen molar-refractivity contribution in [1.82, 2.24) is 5.43 Å². The zero-order valence-corrected chi connectivity index (χ0v) is 9.57. The molecule has 4 N–H and O–H groups in total. The summed E-state index contributed by atoms with van der Waals surface area (Å²) in [4.78, 5) is 0. The largest absolute Gasteiger partial charge is 0.391 e. The Labute approximate surface area is 91.0 Å². The topological polar surface area (TPSA) is 94.4 Å². The molecule has 0 aromatic carbocycles. The summed E-state index contributed by atoms with van der Waals surface area (Å²) in [6, 6.07) is 2.09. The van der Waals surface area contributed by atoms with Gasteiger partial charge in [0.25, 0.3) is 0 Å². The van der Waals surface area contributed by atoms with Gasteiger partial charge in [0.1, 0.15) is 6.34 Å². The van der Waals surface area contributed by atoms with E-state index in [1.165, 1.54) is 0 Å². The van der Waals surface area contributed by atoms with Gasteiger partial charge in [0, 0.05) is 6.42 Å². The minimum atomic E-state index is -0.625. The molecule has 2 unspecified atom stereocenters. The molecule has 0 aliphatic carbocycles. The van der Waals surface area contributed by atoms with Crippen LogP contribution < -0.4 is 11.2 Å². The first-order valence-corrected chi connectivity index (χ1v) is 5.08. The number of aliphatic hydroxyl groups is 1. The van der Waals surface area contributed by atoms with Crippen LogP contribution in [-0.4, -0.2) is 23.1 Å². The van der Waals surface area contributed by atoms with E-state index in [4.69, 9.17) is 11.0 Å². The maximum absolute atomic E-state index is 9.91. The molecule has 0 bridgehead atoms. The van der Waals surface area contributed by atoms with Crippen molar-refractivity contribution in [1.29, 1.82) is 5.26 Å². The number of nitrogens with zero attached hydrogens (tertiary/aromatic N) is 2. The lowest BCUT2D eigenvalue weighted by molar-refractivity contribution is 0.0346. The number of aliphatic hydroxyl groups excluding tert-OH is 1. The average molecular weight is 212 g/mol. The molecule has 0 aliphatic rings. The molecule has 0 radical (unpaired) electrons. The normalized spacial score (nSPS) is 19.1. The number of hydrazone groups is 1. The molecule has 5 heteroatoms. The molecule has 0 rings (SSSR count). The number of hydrogen-bond donors (Lipinski definition) is 3. The molecule has 0 amide bonds. The summed E-state index contributed by atoms with van der Waals surface area (Å²) in [6.45, 7) is 5.63. The van der Waals surface area contributed by atoms with Crippen molar-refractivity contribution in [3.63, 3.8) is 0 Å². The van der Waals surface area contributed by atoms with Crippen molar-refractivity contribution in [2.24, 2.45) is 16.8 Å². The molecule has 0 aliphatic heterocycles. The minimum Gasteiger partial charge on any atom is -0.391 e. The smallest absolute Gasteiger partial charge is 0.106 e. The predicted molar refractivity (Wildman–Crippen MR) is 59.9 cm³/mol. The monoisotopic (exact) mass is 212 g/mol. The van der Waals surface area contributed by atoms with Crippen LogP contribution in [0.25, 0.3) is 0 Å². The van der Waals surface area contributed by atoms with E-state index in [-0.39, 0.29) is 5.92 Å². The molecular formula is C10H20N4O. The molecular weight excluding hydrogens is 192 g/mol. The molecule has 0 fully saturated rings. The molecule has 5 nitrogen and oxygen atoms in total. The lowest BCUT2D eigenvalue weighted by atomic mass is 9.80. The summed E-state index contributed by atoms with van der Waals surface area (Å²) in [5, 5.41) is 22.3. The van der Waals surface area contributed by atoms with Gasteiger partial charge >= 0.3 is 0 Å². The molecule has 0 aromatic heterocycles. The first-order valence-electron chi connectivity index (χ1n) is 5.08. The highest BCUT2D eigenvalue weighted by Gasteiger charge is 2.37. The zero-order chi connectivity index (χ0) is 11.9. The average Bonchev–Trinajstić information content (AvgIpc) is 2.24. The van der Waals surface area contributed by atoms with Gasteiger partial charge in [-0.15, -0.1) is 0 Å². The van der Waals surface area contributed by atoms with Crippen LogP contribution in [0.1, 0.15) is 33.6 Å². The Morgan fingerprint density at radius 2 is 2.33 bits per heavy atom. The third-order valence-corrected chi connectivity index (χ3v) is 2.88. The Kier molecular flexibility index (Phi) is 5.72. The Bertz CT molecular complexity index is 248. The molecule has 0 spiro atoms. The van der Waals surface area contributed by atoms with Crippen molar-refractivity contribution in [3.8, 4) is 6.07 Å². The van der Waals surface area contributed by atoms with Gasteiger partial charge in [0.2, 0.25) is 0 Å². The highest BCUT2D eigenvalue weighted by atomic mass is 16.3. The van der Waals surface area contributed by atoms with E-state index in [1.807, 2.05) is 20.8 Å². The Balaban J connectivity index is 4.76. The molecule has 0 heterocycles. The van der Waals surface area contributed by atoms with Crippen LogP contribution in [0, 0.1) is 17.2 Å². The van der Waals surface area contributed by atoms with Gasteiger partial charge in [-0.05, 0) is 19.3 Å². The van der Waals surface area contributed by atoms with Gasteiger partial charge in [-0.3, -0.25) is 5.43 Å². The van der Waals surface area contributed by atoms with Gasteiger partial charge < -0.3 is 10.8 Å². The summed E-state index contributed by atoms with van der Waals surface area (Å²) in [5.41, 5.74) is 7.35. The maximum atomic E-state index is 9.91. The van der Waals surface area contributed by atoms with Crippen LogP contribution in [0.5, 0.6) is 0 Å². The highest BCUT2D eigenvalue weighted by molar-refractivity contribution is 5.50. The molecule has 0 saturated heterocycles. The second kappa shape index (κ2) is 6.25. The number of nitrogens with two attached hydrogens (primary N) is 1. The van der Waals surface area contributed by atoms with E-state index >= 15 is 0 Å². The number of nitrogens with one attached hydrogen (secondary N) is 1. The molecule has 0 saturated carbocycles. The van der Waals surface area contributed by atoms with Crippen LogP contribution in [-0.2, 0) is 0 Å². The summed E-state index contributed by atoms with van der Waals surface area (Å²) >= 11 is 0. The van der Waals surface area contributed by atoms with Crippen LogP contribution in [0.4, 0.5) is 0 Å². The summed E-state index contributed by atoms with van der Waals surface area (Å²) in [6.07, 6.45) is 1.53. The van der Waals surface area contributed by atoms with Crippen molar-refractivity contribution in [2.45, 2.75) is 45.3 Å². The van der Waals surface area contributed by atoms with Crippen molar-refractivity contribution >= 4 is 6.34 Å². The van der Waals surface area contributed by atoms with Crippen molar-refractivity contribution in [3.05, 3.63) is 0 Å². The standard InChI is InChI=1S/C10H20N4O/c1-4-9(15)10(3,14-13-7-12)8(2)5-6-11/h7-9,14-15H,4-5H2,1-3H3,(H2,12,13)/t8-,9?,10?/m1/s1. The molecule has 86 valence electrons. The first kappa shape index (κ1) is 13.7. The predicted octanol–water partition coefficient (Wildman–Crippen LogP) is 0.557. The fraction of sp³-hybridized carbons (Fsp3) is 0.800. The molecule has 3 atom stereocenters. The Hall–Kier alpha value is -1.28. The fourth-order valence-electron chi connectivity index (χ4n) is 1.46. The van der Waals surface area contributed by atoms with Gasteiger partial charge in [0.15, 0.2) is 0 Å². The van der Waals surface area contributed by atoms with Gasteiger partial charge in [-0.1, -0.05) is 13.8 Å². The number of hydrogen-bond acceptors (Lipinski definition) is 4. The first-order chi connectivity index (χ1) is 7.02. The summed E-state index contributed by atoms with van der Waals surface area (Å²) in [7, 11) is 0. The van der Waals surface area contributed by atoms with E-state index in [0.29, 0.717) is 12.8 Å². The van der Waals surface area contributed by atoms with Gasteiger partial charge in [-0.2, -0.15) is 10.4 Å². The molecule has 0 aromatic rings. The van der Waals surface area contributed by atoms with E-state index in [0.717, 1.165) is 6.34 Å². The lowest BCUT2D eigenvalue weighted by Crippen LogP contribution is -2.54. The van der Waals surface area contributed by atoms with Gasteiger partial charge in [0.05, 0.1) is 17.7 Å². The minimum absolute atomic E-state index is 0.0128. The second-order valence-electron chi connectivity index (χ2n) is 3.86. The Morgan fingerprint density at radius 3 is 2.73 bits per heavy atom. The quantitative estimate of drug-likeness (QED) is 0.340. The van der Waals surface area contributed by atoms with E-state index < -0.39 is 11.6 Å². The maximum Gasteiger partial charge on any atom is 0.106 e. The SMILES string of the molecule is CCC(O)C(C)(N/N=C\N)[C@H](C)CC#N. The fourth-order valence-corrected chi connectivity index (χ4v) is 1.46. The van der Waals surface area contributed by atoms with Crippen LogP contribution in [0.3, 0.4) is 0 Å². The number of nitriles is 1. The van der Waals surface area contributed by atoms with Crippen LogP contribution >= 0.6 is 0 Å². The summed E-state index contributed by atoms with van der Waals surface area (Å²) < 4.78 is 0. The van der Waals surface area contributed by atoms with Crippen molar-refractivity contribution < 1.29 is 5.11 Å². The zero-order valence-electron chi connectivity index (χ0n) is 9.57. The van der Waals surface area contributed by atoms with Gasteiger partial charge in [-0.25, -0.2) is 0 Å². The number of rotatable bonds is 6. The van der Waals surface area contributed by atoms with Crippen LogP contribution in [0.15, 0.2) is 5.10 Å². The molecule has 15 heavy (non-hydrogen) atoms. The van der Waals surface area contributed by atoms with E-state index in [2.05, 4.69) is 16.6 Å². The highest BCUT2D eigenvalue weighted by Crippen LogP contribution is 2.25. The second-order valence-corrected chi connectivity index (χ2v) is 3.86. The third-order valence-electron chi connectivity index (χ3n) is 2.88. The van der Waals surface area contributed by atoms with E-state index in [9.17, 15) is 5.11 Å². The lowest BCUT2D eigenvalue weighted by Gasteiger charge is -2.38. The van der Waals surface area contributed by atoms with Crippen molar-refractivity contribution in [2.75, 3.05) is 0 Å². The Morgan fingerprint density at radius 1 is 1.73 bits per heavy atom. The summed E-state index contributed by atoms with van der Waals surface area (Å²) in [5.74, 6) is -0.0128.